The molecule has 0 fully saturated rings. The zero-order chi connectivity index (χ0) is 10.8. The number of carboxylic acids is 1. The van der Waals surface area contributed by atoms with Crippen LogP contribution in [0.15, 0.2) is 18.6 Å². The summed E-state index contributed by atoms with van der Waals surface area (Å²) in [5.41, 5.74) is 1.65. The van der Waals surface area contributed by atoms with Gasteiger partial charge in [-0.15, -0.1) is 5.10 Å². The van der Waals surface area contributed by atoms with Crippen molar-refractivity contribution in [3.63, 3.8) is 0 Å². The molecule has 0 bridgehead atoms. The van der Waals surface area contributed by atoms with Crippen molar-refractivity contribution in [3.05, 3.63) is 29.8 Å². The van der Waals surface area contributed by atoms with Gasteiger partial charge >= 0.3 is 5.97 Å². The monoisotopic (exact) mass is 204 g/mol. The molecule has 0 aliphatic rings. The quantitative estimate of drug-likeness (QED) is 0.757. The molecule has 0 saturated heterocycles. The number of aromatic amines is 1. The summed E-state index contributed by atoms with van der Waals surface area (Å²) >= 11 is 0. The fraction of sp³-hybridized carbons (Fsp3) is 0.111. The van der Waals surface area contributed by atoms with Crippen molar-refractivity contribution in [2.45, 2.75) is 6.92 Å². The van der Waals surface area contributed by atoms with Gasteiger partial charge in [0.05, 0.1) is 29.5 Å². The number of hydrogen-bond donors (Lipinski definition) is 2. The number of hydrogen-bond acceptors (Lipinski definition) is 4. The Labute approximate surface area is 85.0 Å². The van der Waals surface area contributed by atoms with Crippen LogP contribution in [0.4, 0.5) is 0 Å². The van der Waals surface area contributed by atoms with Crippen molar-refractivity contribution in [2.24, 2.45) is 0 Å². The lowest BCUT2D eigenvalue weighted by atomic mass is 10.2. The molecule has 0 aromatic carbocycles. The number of nitrogens with zero attached hydrogens (tertiary/aromatic N) is 3. The van der Waals surface area contributed by atoms with Crippen LogP contribution in [0.3, 0.4) is 0 Å². The lowest BCUT2D eigenvalue weighted by molar-refractivity contribution is 0.0695. The Kier molecular flexibility index (Phi) is 2.17. The van der Waals surface area contributed by atoms with Crippen molar-refractivity contribution in [1.82, 2.24) is 20.2 Å². The van der Waals surface area contributed by atoms with Crippen LogP contribution in [0.5, 0.6) is 0 Å². The molecule has 0 radical (unpaired) electrons. The Morgan fingerprint density at radius 3 is 2.87 bits per heavy atom. The summed E-state index contributed by atoms with van der Waals surface area (Å²) in [4.78, 5) is 17.5. The van der Waals surface area contributed by atoms with E-state index in [1.807, 2.05) is 0 Å². The summed E-state index contributed by atoms with van der Waals surface area (Å²) in [7, 11) is 0. The Morgan fingerprint density at radius 1 is 1.47 bits per heavy atom. The maximum atomic E-state index is 10.8. The number of carboxylic acid groups (broad SMARTS) is 1. The number of H-pyrrole nitrogens is 1. The highest BCUT2D eigenvalue weighted by molar-refractivity contribution is 5.89. The van der Waals surface area contributed by atoms with Crippen molar-refractivity contribution >= 4 is 5.97 Å². The Hall–Kier alpha value is -2.24. The van der Waals surface area contributed by atoms with E-state index in [4.69, 9.17) is 5.11 Å². The lowest BCUT2D eigenvalue weighted by Crippen LogP contribution is -2.04. The minimum absolute atomic E-state index is 0.148. The van der Waals surface area contributed by atoms with Crippen LogP contribution >= 0.6 is 0 Å². The highest BCUT2D eigenvalue weighted by Gasteiger charge is 2.11. The van der Waals surface area contributed by atoms with Gasteiger partial charge in [-0.05, 0) is 13.0 Å². The summed E-state index contributed by atoms with van der Waals surface area (Å²) in [5.74, 6) is -1.01. The highest BCUT2D eigenvalue weighted by atomic mass is 16.4. The summed E-state index contributed by atoms with van der Waals surface area (Å²) < 4.78 is 0. The number of aromatic carboxylic acids is 1. The third-order valence-corrected chi connectivity index (χ3v) is 1.98. The molecule has 6 heteroatoms. The predicted molar refractivity (Wildman–Crippen MR) is 51.3 cm³/mol. The SMILES string of the molecule is Cc1nnc(-c2cnc[nH]2)cc1C(=O)O. The van der Waals surface area contributed by atoms with Gasteiger partial charge in [0, 0.05) is 0 Å². The molecule has 0 saturated carbocycles. The van der Waals surface area contributed by atoms with Gasteiger partial charge in [0.15, 0.2) is 0 Å². The summed E-state index contributed by atoms with van der Waals surface area (Å²) in [6, 6.07) is 1.47. The zero-order valence-corrected chi connectivity index (χ0v) is 7.93. The van der Waals surface area contributed by atoms with Crippen LogP contribution < -0.4 is 0 Å². The second kappa shape index (κ2) is 3.49. The molecule has 0 atom stereocenters. The van der Waals surface area contributed by atoms with Gasteiger partial charge in [0.2, 0.25) is 0 Å². The lowest BCUT2D eigenvalue weighted by Gasteiger charge is -2.00. The number of nitrogens with one attached hydrogen (secondary N) is 1. The van der Waals surface area contributed by atoms with Gasteiger partial charge in [0.1, 0.15) is 5.69 Å². The molecular formula is C9H8N4O2. The standard InChI is InChI=1S/C9H8N4O2/c1-5-6(9(14)15)2-7(13-12-5)8-3-10-4-11-8/h2-4H,1H3,(H,10,11)(H,14,15). The van der Waals surface area contributed by atoms with Crippen molar-refractivity contribution < 1.29 is 9.90 Å². The molecule has 0 unspecified atom stereocenters. The van der Waals surface area contributed by atoms with Crippen LogP contribution in [0.2, 0.25) is 0 Å². The smallest absolute Gasteiger partial charge is 0.337 e. The Bertz CT molecular complexity index is 493. The normalized spacial score (nSPS) is 10.2. The van der Waals surface area contributed by atoms with E-state index < -0.39 is 5.97 Å². The van der Waals surface area contributed by atoms with Gasteiger partial charge in [-0.3, -0.25) is 0 Å². The van der Waals surface area contributed by atoms with Gasteiger partial charge in [-0.2, -0.15) is 5.10 Å². The van der Waals surface area contributed by atoms with E-state index in [2.05, 4.69) is 20.2 Å². The fourth-order valence-electron chi connectivity index (χ4n) is 1.20. The van der Waals surface area contributed by atoms with Crippen LogP contribution in [-0.4, -0.2) is 31.2 Å². The minimum atomic E-state index is -1.01. The molecule has 15 heavy (non-hydrogen) atoms. The number of carbonyl (C=O) groups is 1. The zero-order valence-electron chi connectivity index (χ0n) is 7.93. The number of aromatic nitrogens is 4. The topological polar surface area (TPSA) is 91.8 Å². The highest BCUT2D eigenvalue weighted by Crippen LogP contribution is 2.15. The fourth-order valence-corrected chi connectivity index (χ4v) is 1.20. The molecule has 76 valence electrons. The summed E-state index contributed by atoms with van der Waals surface area (Å²) in [5, 5.41) is 16.6. The number of imidazole rings is 1. The first kappa shape index (κ1) is 9.32. The Balaban J connectivity index is 2.52. The molecule has 0 aliphatic carbocycles. The van der Waals surface area contributed by atoms with Gasteiger partial charge < -0.3 is 10.1 Å². The van der Waals surface area contributed by atoms with E-state index in [0.29, 0.717) is 17.1 Å². The van der Waals surface area contributed by atoms with E-state index in [1.54, 1.807) is 13.1 Å². The van der Waals surface area contributed by atoms with Crippen molar-refractivity contribution in [3.8, 4) is 11.4 Å². The number of aryl methyl sites for hydroxylation is 1. The first-order valence-corrected chi connectivity index (χ1v) is 4.25. The van der Waals surface area contributed by atoms with E-state index >= 15 is 0 Å². The molecule has 2 rings (SSSR count). The average molecular weight is 204 g/mol. The summed E-state index contributed by atoms with van der Waals surface area (Å²) in [6.07, 6.45) is 3.06. The molecule has 0 spiro atoms. The molecule has 0 aliphatic heterocycles. The van der Waals surface area contributed by atoms with Crippen molar-refractivity contribution in [2.75, 3.05) is 0 Å². The predicted octanol–water partition coefficient (Wildman–Crippen LogP) is 0.873. The third-order valence-electron chi connectivity index (χ3n) is 1.98. The van der Waals surface area contributed by atoms with Crippen LogP contribution in [0.25, 0.3) is 11.4 Å². The molecule has 2 N–H and O–H groups in total. The van der Waals surface area contributed by atoms with E-state index in [1.165, 1.54) is 12.4 Å². The van der Waals surface area contributed by atoms with Crippen LogP contribution in [-0.2, 0) is 0 Å². The van der Waals surface area contributed by atoms with E-state index in [0.717, 1.165) is 0 Å². The number of rotatable bonds is 2. The molecule has 0 amide bonds. The van der Waals surface area contributed by atoms with Gasteiger partial charge in [-0.1, -0.05) is 0 Å². The van der Waals surface area contributed by atoms with E-state index in [-0.39, 0.29) is 5.56 Å². The third kappa shape index (κ3) is 1.69. The molecule has 2 heterocycles. The minimum Gasteiger partial charge on any atom is -0.478 e. The van der Waals surface area contributed by atoms with Gasteiger partial charge in [0.25, 0.3) is 0 Å². The largest absolute Gasteiger partial charge is 0.478 e. The average Bonchev–Trinajstić information content (AvgIpc) is 2.71. The van der Waals surface area contributed by atoms with Crippen LogP contribution in [0, 0.1) is 6.92 Å². The van der Waals surface area contributed by atoms with E-state index in [9.17, 15) is 4.79 Å². The maximum Gasteiger partial charge on any atom is 0.337 e. The first-order valence-electron chi connectivity index (χ1n) is 4.25. The molecule has 2 aromatic heterocycles. The molecule has 6 nitrogen and oxygen atoms in total. The first-order chi connectivity index (χ1) is 7.18. The Morgan fingerprint density at radius 2 is 2.27 bits per heavy atom. The summed E-state index contributed by atoms with van der Waals surface area (Å²) in [6.45, 7) is 1.60. The maximum absolute atomic E-state index is 10.8. The van der Waals surface area contributed by atoms with Crippen molar-refractivity contribution in [1.29, 1.82) is 0 Å². The molecule has 2 aromatic rings. The van der Waals surface area contributed by atoms with Crippen LogP contribution in [0.1, 0.15) is 16.1 Å². The van der Waals surface area contributed by atoms with Gasteiger partial charge in [-0.25, -0.2) is 9.78 Å². The second-order valence-electron chi connectivity index (χ2n) is 3.00. The second-order valence-corrected chi connectivity index (χ2v) is 3.00. The molecular weight excluding hydrogens is 196 g/mol.